The summed E-state index contributed by atoms with van der Waals surface area (Å²) in [5.41, 5.74) is 0.535. The number of rotatable bonds is 4. The topological polar surface area (TPSA) is 71.4 Å². The lowest BCUT2D eigenvalue weighted by atomic mass is 10.1. The first kappa shape index (κ1) is 16.8. The smallest absolute Gasteiger partial charge is 0.435 e. The highest BCUT2D eigenvalue weighted by atomic mass is 79.9. The summed E-state index contributed by atoms with van der Waals surface area (Å²) >= 11 is 3.30. The minimum Gasteiger partial charge on any atom is -0.435 e. The summed E-state index contributed by atoms with van der Waals surface area (Å²) in [5.74, 6) is -0.515. The van der Waals surface area contributed by atoms with Crippen LogP contribution in [0.2, 0.25) is 0 Å². The van der Waals surface area contributed by atoms with Gasteiger partial charge in [0, 0.05) is 29.3 Å². The van der Waals surface area contributed by atoms with Gasteiger partial charge in [0.05, 0.1) is 13.0 Å². The number of carboxylic acid groups (broad SMARTS) is 1. The third-order valence-electron chi connectivity index (χ3n) is 4.40. The third-order valence-corrected chi connectivity index (χ3v) is 4.93. The zero-order valence-corrected chi connectivity index (χ0v) is 14.0. The lowest BCUT2D eigenvalue weighted by molar-refractivity contribution is -0.792. The Labute approximate surface area is 137 Å². The number of nitrogens with zero attached hydrogens (tertiary/aromatic N) is 1. The van der Waals surface area contributed by atoms with Crippen LogP contribution in [-0.4, -0.2) is 40.0 Å². The number of ketones is 1. The van der Waals surface area contributed by atoms with Crippen molar-refractivity contribution in [2.75, 3.05) is 6.54 Å². The SMILES string of the molecule is C[C@@H]1CCC[N+]1(C(=O)O)C(=O)CCC(=O)c1ccc(Br)cc1. The van der Waals surface area contributed by atoms with Gasteiger partial charge in [-0.1, -0.05) is 28.1 Å². The highest BCUT2D eigenvalue weighted by Gasteiger charge is 2.52. The maximum Gasteiger partial charge on any atom is 0.521 e. The highest BCUT2D eigenvalue weighted by molar-refractivity contribution is 9.10. The van der Waals surface area contributed by atoms with Crippen LogP contribution in [-0.2, 0) is 4.79 Å². The average molecular weight is 369 g/mol. The second kappa shape index (κ2) is 6.71. The summed E-state index contributed by atoms with van der Waals surface area (Å²) in [6.07, 6.45) is 0.344. The molecule has 0 spiro atoms. The molecule has 0 bridgehead atoms. The van der Waals surface area contributed by atoms with E-state index in [-0.39, 0.29) is 30.6 Å². The van der Waals surface area contributed by atoms with Crippen molar-refractivity contribution in [1.29, 1.82) is 0 Å². The van der Waals surface area contributed by atoms with Crippen molar-refractivity contribution in [1.82, 2.24) is 0 Å². The molecule has 5 nitrogen and oxygen atoms in total. The molecule has 118 valence electrons. The molecule has 0 saturated carbocycles. The number of quaternary nitrogens is 1. The standard InChI is InChI=1S/C16H18BrNO4/c1-11-3-2-10-18(11,16(21)22)15(20)9-8-14(19)12-4-6-13(17)7-5-12/h4-7,11H,2-3,8-10H2,1H3/p+1/t11-,18?/m1/s1. The zero-order valence-electron chi connectivity index (χ0n) is 12.4. The average Bonchev–Trinajstić information content (AvgIpc) is 2.88. The number of Topliss-reactive ketones (excluding diaryl/α,β-unsaturated/α-hetero) is 1. The van der Waals surface area contributed by atoms with E-state index in [1.54, 1.807) is 31.2 Å². The van der Waals surface area contributed by atoms with Crippen LogP contribution in [0.3, 0.4) is 0 Å². The second-order valence-electron chi connectivity index (χ2n) is 5.69. The predicted molar refractivity (Wildman–Crippen MR) is 84.6 cm³/mol. The van der Waals surface area contributed by atoms with E-state index in [1.807, 2.05) is 0 Å². The summed E-state index contributed by atoms with van der Waals surface area (Å²) in [6.45, 7) is 2.11. The Morgan fingerprint density at radius 1 is 1.23 bits per heavy atom. The Bertz CT molecular complexity index is 599. The van der Waals surface area contributed by atoms with Crippen LogP contribution < -0.4 is 0 Å². The molecular formula is C16H19BrNO4+. The first-order valence-electron chi connectivity index (χ1n) is 7.31. The molecule has 1 aromatic rings. The molecule has 1 aliphatic rings. The van der Waals surface area contributed by atoms with Crippen LogP contribution in [0.15, 0.2) is 28.7 Å². The van der Waals surface area contributed by atoms with E-state index in [9.17, 15) is 19.5 Å². The largest absolute Gasteiger partial charge is 0.521 e. The Morgan fingerprint density at radius 3 is 2.36 bits per heavy atom. The Balaban J connectivity index is 2.04. The van der Waals surface area contributed by atoms with Crippen LogP contribution >= 0.6 is 15.9 Å². The molecule has 1 saturated heterocycles. The van der Waals surface area contributed by atoms with Gasteiger partial charge in [-0.05, 0) is 19.1 Å². The molecule has 0 aliphatic carbocycles. The van der Waals surface area contributed by atoms with Crippen molar-refractivity contribution in [2.24, 2.45) is 0 Å². The minimum absolute atomic E-state index is 0.0362. The summed E-state index contributed by atoms with van der Waals surface area (Å²) < 4.78 is 0.342. The molecular weight excluding hydrogens is 350 g/mol. The van der Waals surface area contributed by atoms with E-state index in [1.165, 1.54) is 0 Å². The van der Waals surface area contributed by atoms with Crippen molar-refractivity contribution in [3.05, 3.63) is 34.3 Å². The number of benzene rings is 1. The van der Waals surface area contributed by atoms with E-state index in [4.69, 9.17) is 0 Å². The van der Waals surface area contributed by atoms with Gasteiger partial charge in [0.2, 0.25) is 0 Å². The first-order chi connectivity index (χ1) is 10.4. The lowest BCUT2D eigenvalue weighted by Gasteiger charge is -2.29. The maximum absolute atomic E-state index is 12.4. The molecule has 2 atom stereocenters. The van der Waals surface area contributed by atoms with E-state index in [0.717, 1.165) is 17.3 Å². The number of hydrogen-bond donors (Lipinski definition) is 1. The number of hydrogen-bond acceptors (Lipinski definition) is 3. The van der Waals surface area contributed by atoms with Crippen LogP contribution in [0.1, 0.15) is 43.0 Å². The van der Waals surface area contributed by atoms with Gasteiger partial charge in [-0.2, -0.15) is 9.28 Å². The number of carbonyl (C=O) groups excluding carboxylic acids is 2. The molecule has 1 heterocycles. The summed E-state index contributed by atoms with van der Waals surface area (Å²) in [7, 11) is 0. The third kappa shape index (κ3) is 3.13. The highest BCUT2D eigenvalue weighted by Crippen LogP contribution is 2.29. The van der Waals surface area contributed by atoms with Gasteiger partial charge in [0.1, 0.15) is 6.04 Å². The first-order valence-corrected chi connectivity index (χ1v) is 8.10. The van der Waals surface area contributed by atoms with Crippen molar-refractivity contribution in [3.8, 4) is 0 Å². The summed E-state index contributed by atoms with van der Waals surface area (Å²) in [5, 5.41) is 9.48. The summed E-state index contributed by atoms with van der Waals surface area (Å²) in [6, 6.07) is 6.69. The maximum atomic E-state index is 12.4. The number of carbonyl (C=O) groups is 3. The molecule has 1 aromatic carbocycles. The van der Waals surface area contributed by atoms with Crippen LogP contribution in [0.5, 0.6) is 0 Å². The fourth-order valence-electron chi connectivity index (χ4n) is 3.04. The lowest BCUT2D eigenvalue weighted by Crippen LogP contribution is -2.58. The molecule has 22 heavy (non-hydrogen) atoms. The Hall–Kier alpha value is -1.53. The van der Waals surface area contributed by atoms with E-state index in [0.29, 0.717) is 12.1 Å². The van der Waals surface area contributed by atoms with E-state index in [2.05, 4.69) is 15.9 Å². The number of imide groups is 1. The van der Waals surface area contributed by atoms with Crippen LogP contribution in [0.4, 0.5) is 4.79 Å². The van der Waals surface area contributed by atoms with Gasteiger partial charge in [0.15, 0.2) is 5.78 Å². The molecule has 0 radical (unpaired) electrons. The molecule has 1 aliphatic heterocycles. The normalized spacial score (nSPS) is 24.2. The Morgan fingerprint density at radius 2 is 1.86 bits per heavy atom. The molecule has 2 rings (SSSR count). The van der Waals surface area contributed by atoms with Crippen molar-refractivity contribution < 1.29 is 24.0 Å². The molecule has 1 fully saturated rings. The summed E-state index contributed by atoms with van der Waals surface area (Å²) in [4.78, 5) is 36.1. The minimum atomic E-state index is -1.11. The van der Waals surface area contributed by atoms with Crippen molar-refractivity contribution in [3.63, 3.8) is 0 Å². The quantitative estimate of drug-likeness (QED) is 0.650. The van der Waals surface area contributed by atoms with Crippen LogP contribution in [0.25, 0.3) is 0 Å². The van der Waals surface area contributed by atoms with Gasteiger partial charge in [0.25, 0.3) is 0 Å². The van der Waals surface area contributed by atoms with E-state index < -0.39 is 10.6 Å². The second-order valence-corrected chi connectivity index (χ2v) is 6.61. The van der Waals surface area contributed by atoms with Gasteiger partial charge in [-0.25, -0.2) is 4.79 Å². The van der Waals surface area contributed by atoms with Crippen molar-refractivity contribution >= 4 is 33.7 Å². The fraction of sp³-hybridized carbons (Fsp3) is 0.438. The van der Waals surface area contributed by atoms with Crippen LogP contribution in [0, 0.1) is 0 Å². The monoisotopic (exact) mass is 368 g/mol. The molecule has 0 aromatic heterocycles. The van der Waals surface area contributed by atoms with Gasteiger partial charge in [-0.15, -0.1) is 0 Å². The van der Waals surface area contributed by atoms with Gasteiger partial charge in [-0.3, -0.25) is 4.79 Å². The van der Waals surface area contributed by atoms with Gasteiger partial charge < -0.3 is 5.11 Å². The van der Waals surface area contributed by atoms with Crippen molar-refractivity contribution in [2.45, 2.75) is 38.6 Å². The molecule has 1 unspecified atom stereocenters. The zero-order chi connectivity index (χ0) is 16.3. The molecule has 1 N–H and O–H groups in total. The number of amides is 2. The van der Waals surface area contributed by atoms with E-state index >= 15 is 0 Å². The molecule has 6 heteroatoms. The Kier molecular flexibility index (Phi) is 5.13. The molecule has 2 amide bonds. The number of likely N-dealkylation sites (tertiary alicyclic amines) is 1. The predicted octanol–water partition coefficient (Wildman–Crippen LogP) is 3.62. The fourth-order valence-corrected chi connectivity index (χ4v) is 3.30. The van der Waals surface area contributed by atoms with Gasteiger partial charge >= 0.3 is 12.0 Å². The number of halogens is 1.